The number of carbonyl (C=O) groups excluding carboxylic acids is 1. The zero-order valence-corrected chi connectivity index (χ0v) is 10.6. The zero-order valence-electron chi connectivity index (χ0n) is 10.6. The number of rotatable bonds is 4. The molecule has 0 aliphatic rings. The molecule has 0 radical (unpaired) electrons. The van der Waals surface area contributed by atoms with Crippen LogP contribution in [0.2, 0.25) is 0 Å². The molecule has 0 aliphatic carbocycles. The lowest BCUT2D eigenvalue weighted by Gasteiger charge is -2.03. The van der Waals surface area contributed by atoms with Crippen molar-refractivity contribution in [1.82, 2.24) is 9.38 Å². The Bertz CT molecular complexity index is 560. The van der Waals surface area contributed by atoms with Crippen molar-refractivity contribution in [1.29, 1.82) is 0 Å². The highest BCUT2D eigenvalue weighted by Crippen LogP contribution is 2.15. The number of esters is 1. The number of ether oxygens (including phenoxy) is 1. The number of hydrogen-bond acceptors (Lipinski definition) is 4. The molecular formula is C13H17N3O2. The van der Waals surface area contributed by atoms with Crippen LogP contribution in [0.4, 0.5) is 0 Å². The summed E-state index contributed by atoms with van der Waals surface area (Å²) in [5.74, 6) is 0.425. The summed E-state index contributed by atoms with van der Waals surface area (Å²) in [5.41, 5.74) is 6.88. The van der Waals surface area contributed by atoms with Crippen LogP contribution in [0.15, 0.2) is 24.4 Å². The van der Waals surface area contributed by atoms with Crippen molar-refractivity contribution in [3.8, 4) is 0 Å². The van der Waals surface area contributed by atoms with Gasteiger partial charge in [-0.25, -0.2) is 9.78 Å². The van der Waals surface area contributed by atoms with Crippen LogP contribution >= 0.6 is 0 Å². The molecule has 96 valence electrons. The molecule has 0 bridgehead atoms. The lowest BCUT2D eigenvalue weighted by Crippen LogP contribution is -2.16. The molecule has 2 N–H and O–H groups in total. The summed E-state index contributed by atoms with van der Waals surface area (Å²) in [6.07, 6.45) is 3.46. The number of hydrogen-bond donors (Lipinski definition) is 1. The number of aromatic nitrogens is 2. The number of nitrogens with two attached hydrogens (primary N) is 1. The number of aryl methyl sites for hydroxylation is 1. The third-order valence-electron chi connectivity index (χ3n) is 2.82. The van der Waals surface area contributed by atoms with Crippen molar-refractivity contribution in [2.75, 3.05) is 7.11 Å². The van der Waals surface area contributed by atoms with E-state index >= 15 is 0 Å². The molecule has 0 fully saturated rings. The first-order valence-electron chi connectivity index (χ1n) is 5.93. The number of imidazole rings is 1. The third kappa shape index (κ3) is 2.36. The van der Waals surface area contributed by atoms with Gasteiger partial charge in [0, 0.05) is 18.7 Å². The lowest BCUT2D eigenvalue weighted by atomic mass is 10.2. The minimum absolute atomic E-state index is 0.114. The lowest BCUT2D eigenvalue weighted by molar-refractivity contribution is 0.0597. The molecule has 2 aromatic heterocycles. The van der Waals surface area contributed by atoms with Gasteiger partial charge in [-0.3, -0.25) is 0 Å². The number of methoxy groups -OCH3 is 1. The van der Waals surface area contributed by atoms with E-state index in [1.165, 1.54) is 7.11 Å². The summed E-state index contributed by atoms with van der Waals surface area (Å²) >= 11 is 0. The number of fused-ring (bicyclic) bond motifs is 1. The van der Waals surface area contributed by atoms with Gasteiger partial charge in [-0.05, 0) is 25.5 Å². The summed E-state index contributed by atoms with van der Waals surface area (Å²) in [5, 5.41) is 0. The van der Waals surface area contributed by atoms with Crippen LogP contribution in [-0.4, -0.2) is 28.5 Å². The third-order valence-corrected chi connectivity index (χ3v) is 2.82. The molecule has 0 aliphatic heterocycles. The second-order valence-electron chi connectivity index (χ2n) is 4.34. The standard InChI is InChI=1S/C13H17N3O2/c1-9(14)6-7-11-15-12(13(17)18-2)10-5-3-4-8-16(10)11/h3-5,8-9H,6-7,14H2,1-2H3. The second kappa shape index (κ2) is 5.18. The maximum Gasteiger partial charge on any atom is 0.358 e. The van der Waals surface area contributed by atoms with Gasteiger partial charge in [0.15, 0.2) is 5.69 Å². The van der Waals surface area contributed by atoms with E-state index in [1.54, 1.807) is 0 Å². The molecule has 0 saturated carbocycles. The number of carbonyl (C=O) groups is 1. The van der Waals surface area contributed by atoms with Crippen LogP contribution in [0, 0.1) is 0 Å². The average Bonchev–Trinajstić information content (AvgIpc) is 2.74. The van der Waals surface area contributed by atoms with E-state index < -0.39 is 5.97 Å². The Kier molecular flexibility index (Phi) is 3.62. The van der Waals surface area contributed by atoms with Gasteiger partial charge in [-0.15, -0.1) is 0 Å². The van der Waals surface area contributed by atoms with Crippen LogP contribution in [0.25, 0.3) is 5.52 Å². The fraction of sp³-hybridized carbons (Fsp3) is 0.385. The predicted molar refractivity (Wildman–Crippen MR) is 68.5 cm³/mol. The molecule has 1 unspecified atom stereocenters. The molecule has 0 spiro atoms. The smallest absolute Gasteiger partial charge is 0.358 e. The molecule has 2 aromatic rings. The van der Waals surface area contributed by atoms with Gasteiger partial charge < -0.3 is 14.9 Å². The van der Waals surface area contributed by atoms with E-state index in [2.05, 4.69) is 4.98 Å². The van der Waals surface area contributed by atoms with Crippen LogP contribution in [0.1, 0.15) is 29.7 Å². The Morgan fingerprint density at radius 1 is 1.56 bits per heavy atom. The van der Waals surface area contributed by atoms with Crippen LogP contribution in [0.5, 0.6) is 0 Å². The molecular weight excluding hydrogens is 230 g/mol. The first kappa shape index (κ1) is 12.6. The highest BCUT2D eigenvalue weighted by Gasteiger charge is 2.17. The van der Waals surface area contributed by atoms with Crippen LogP contribution in [-0.2, 0) is 11.2 Å². The molecule has 2 rings (SSSR count). The molecule has 18 heavy (non-hydrogen) atoms. The Balaban J connectivity index is 2.44. The summed E-state index contributed by atoms with van der Waals surface area (Å²) in [4.78, 5) is 16.0. The topological polar surface area (TPSA) is 69.6 Å². The van der Waals surface area contributed by atoms with Gasteiger partial charge in [0.05, 0.1) is 12.6 Å². The van der Waals surface area contributed by atoms with Gasteiger partial charge in [-0.1, -0.05) is 6.07 Å². The van der Waals surface area contributed by atoms with Gasteiger partial charge in [0.25, 0.3) is 0 Å². The first-order chi connectivity index (χ1) is 8.63. The largest absolute Gasteiger partial charge is 0.464 e. The Hall–Kier alpha value is -1.88. The minimum atomic E-state index is -0.411. The zero-order chi connectivity index (χ0) is 13.1. The van der Waals surface area contributed by atoms with E-state index in [1.807, 2.05) is 35.7 Å². The van der Waals surface area contributed by atoms with Crippen LogP contribution < -0.4 is 5.73 Å². The van der Waals surface area contributed by atoms with Crippen molar-refractivity contribution in [2.24, 2.45) is 5.73 Å². The quantitative estimate of drug-likeness (QED) is 0.829. The normalized spacial score (nSPS) is 12.6. The highest BCUT2D eigenvalue weighted by molar-refractivity contribution is 5.95. The monoisotopic (exact) mass is 247 g/mol. The van der Waals surface area contributed by atoms with Gasteiger partial charge in [0.2, 0.25) is 0 Å². The van der Waals surface area contributed by atoms with Crippen molar-refractivity contribution in [2.45, 2.75) is 25.8 Å². The molecule has 1 atom stereocenters. The van der Waals surface area contributed by atoms with Gasteiger partial charge in [0.1, 0.15) is 5.82 Å². The van der Waals surface area contributed by atoms with Crippen molar-refractivity contribution in [3.63, 3.8) is 0 Å². The highest BCUT2D eigenvalue weighted by atomic mass is 16.5. The fourth-order valence-electron chi connectivity index (χ4n) is 1.88. The predicted octanol–water partition coefficient (Wildman–Crippen LogP) is 1.40. The summed E-state index contributed by atoms with van der Waals surface area (Å²) in [6.45, 7) is 1.96. The van der Waals surface area contributed by atoms with E-state index in [-0.39, 0.29) is 6.04 Å². The average molecular weight is 247 g/mol. The van der Waals surface area contributed by atoms with E-state index in [0.717, 1.165) is 24.2 Å². The molecule has 5 nitrogen and oxygen atoms in total. The molecule has 0 amide bonds. The van der Waals surface area contributed by atoms with Crippen molar-refractivity contribution < 1.29 is 9.53 Å². The van der Waals surface area contributed by atoms with E-state index in [4.69, 9.17) is 10.5 Å². The number of nitrogens with zero attached hydrogens (tertiary/aromatic N) is 2. The second-order valence-corrected chi connectivity index (χ2v) is 4.34. The van der Waals surface area contributed by atoms with Crippen LogP contribution in [0.3, 0.4) is 0 Å². The maximum atomic E-state index is 11.7. The van der Waals surface area contributed by atoms with E-state index in [9.17, 15) is 4.79 Å². The Morgan fingerprint density at radius 2 is 2.33 bits per heavy atom. The summed E-state index contributed by atoms with van der Waals surface area (Å²) in [6, 6.07) is 5.75. The summed E-state index contributed by atoms with van der Waals surface area (Å²) in [7, 11) is 1.36. The molecule has 2 heterocycles. The fourth-order valence-corrected chi connectivity index (χ4v) is 1.88. The van der Waals surface area contributed by atoms with Gasteiger partial charge in [-0.2, -0.15) is 0 Å². The molecule has 5 heteroatoms. The number of pyridine rings is 1. The molecule has 0 saturated heterocycles. The van der Waals surface area contributed by atoms with Gasteiger partial charge >= 0.3 is 5.97 Å². The minimum Gasteiger partial charge on any atom is -0.464 e. The SMILES string of the molecule is COC(=O)c1nc(CCC(C)N)n2ccccc12. The van der Waals surface area contributed by atoms with Crippen molar-refractivity contribution >= 4 is 11.5 Å². The first-order valence-corrected chi connectivity index (χ1v) is 5.93. The maximum absolute atomic E-state index is 11.7. The molecule has 0 aromatic carbocycles. The Labute approximate surface area is 106 Å². The van der Waals surface area contributed by atoms with Crippen molar-refractivity contribution in [3.05, 3.63) is 35.9 Å². The summed E-state index contributed by atoms with van der Waals surface area (Å²) < 4.78 is 6.66. The van der Waals surface area contributed by atoms with E-state index in [0.29, 0.717) is 5.69 Å². The Morgan fingerprint density at radius 3 is 3.00 bits per heavy atom.